The van der Waals surface area contributed by atoms with Crippen LogP contribution in [0.25, 0.3) is 0 Å². The second-order valence-corrected chi connectivity index (χ2v) is 4.73. The highest BCUT2D eigenvalue weighted by atomic mass is 15.1. The van der Waals surface area contributed by atoms with Gasteiger partial charge >= 0.3 is 0 Å². The molecule has 92 valence electrons. The molecule has 2 heteroatoms. The number of allylic oxidation sites excluding steroid dienone is 2. The first-order valence-corrected chi connectivity index (χ1v) is 6.52. The Morgan fingerprint density at radius 1 is 1.25 bits per heavy atom. The Hall–Kier alpha value is -0.760. The molecular formula is C14H26N2. The van der Waals surface area contributed by atoms with E-state index < -0.39 is 0 Å². The molecule has 0 atom stereocenters. The van der Waals surface area contributed by atoms with Gasteiger partial charge in [0.25, 0.3) is 0 Å². The van der Waals surface area contributed by atoms with E-state index in [0.717, 1.165) is 12.1 Å². The van der Waals surface area contributed by atoms with Crippen molar-refractivity contribution in [1.29, 1.82) is 0 Å². The van der Waals surface area contributed by atoms with Gasteiger partial charge in [-0.2, -0.15) is 0 Å². The molecule has 0 aromatic carbocycles. The maximum atomic E-state index is 3.89. The fraction of sp³-hybridized carbons (Fsp3) is 0.714. The van der Waals surface area contributed by atoms with Crippen LogP contribution in [-0.4, -0.2) is 24.5 Å². The van der Waals surface area contributed by atoms with Crippen LogP contribution in [0.3, 0.4) is 0 Å². The van der Waals surface area contributed by atoms with Gasteiger partial charge in [-0.05, 0) is 46.2 Å². The first-order chi connectivity index (χ1) is 7.72. The van der Waals surface area contributed by atoms with Crippen molar-refractivity contribution in [3.8, 4) is 0 Å². The number of hydrogen-bond donors (Lipinski definition) is 1. The van der Waals surface area contributed by atoms with Crippen molar-refractivity contribution in [3.05, 3.63) is 24.0 Å². The van der Waals surface area contributed by atoms with Crippen molar-refractivity contribution in [1.82, 2.24) is 10.2 Å². The Bertz CT molecular complexity index is 235. The van der Waals surface area contributed by atoms with Gasteiger partial charge < -0.3 is 10.2 Å². The number of nitrogens with zero attached hydrogens (tertiary/aromatic N) is 1. The quantitative estimate of drug-likeness (QED) is 0.768. The minimum Gasteiger partial charge on any atom is -0.363 e. The Morgan fingerprint density at radius 3 is 2.38 bits per heavy atom. The highest BCUT2D eigenvalue weighted by molar-refractivity contribution is 5.06. The highest BCUT2D eigenvalue weighted by Crippen LogP contribution is 2.11. The van der Waals surface area contributed by atoms with Crippen molar-refractivity contribution in [3.63, 3.8) is 0 Å². The molecule has 1 aliphatic heterocycles. The Balaban J connectivity index is 2.28. The molecule has 0 bridgehead atoms. The van der Waals surface area contributed by atoms with E-state index in [1.54, 1.807) is 0 Å². The van der Waals surface area contributed by atoms with E-state index in [-0.39, 0.29) is 0 Å². The van der Waals surface area contributed by atoms with Gasteiger partial charge in [0.2, 0.25) is 0 Å². The number of likely N-dealkylation sites (tertiary alicyclic amines) is 1. The molecule has 0 aromatic rings. The van der Waals surface area contributed by atoms with Crippen molar-refractivity contribution in [2.24, 2.45) is 0 Å². The van der Waals surface area contributed by atoms with E-state index in [1.807, 2.05) is 6.92 Å². The normalized spacial score (nSPS) is 19.2. The molecule has 0 aromatic heterocycles. The minimum atomic E-state index is 1.03. The highest BCUT2D eigenvalue weighted by Gasteiger charge is 2.08. The Morgan fingerprint density at radius 2 is 1.88 bits per heavy atom. The van der Waals surface area contributed by atoms with Crippen molar-refractivity contribution in [2.45, 2.75) is 46.0 Å². The third-order valence-electron chi connectivity index (χ3n) is 3.12. The SMILES string of the molecule is C=C(C)N/C(=C\C)CCN1CCCCCC1. The summed E-state index contributed by atoms with van der Waals surface area (Å²) in [6, 6.07) is 0. The van der Waals surface area contributed by atoms with Crippen LogP contribution in [-0.2, 0) is 0 Å². The average Bonchev–Trinajstić information content (AvgIpc) is 2.52. The molecule has 0 spiro atoms. The summed E-state index contributed by atoms with van der Waals surface area (Å²) in [6.45, 7) is 11.7. The van der Waals surface area contributed by atoms with Gasteiger partial charge in [0.1, 0.15) is 0 Å². The van der Waals surface area contributed by atoms with E-state index in [2.05, 4.69) is 29.8 Å². The molecule has 16 heavy (non-hydrogen) atoms. The third kappa shape index (κ3) is 5.36. The van der Waals surface area contributed by atoms with E-state index >= 15 is 0 Å². The van der Waals surface area contributed by atoms with Crippen LogP contribution in [0, 0.1) is 0 Å². The summed E-state index contributed by atoms with van der Waals surface area (Å²) in [4.78, 5) is 2.59. The summed E-state index contributed by atoms with van der Waals surface area (Å²) in [5.74, 6) is 0. The van der Waals surface area contributed by atoms with Crippen LogP contribution in [0.2, 0.25) is 0 Å². The smallest absolute Gasteiger partial charge is 0.0118 e. The topological polar surface area (TPSA) is 15.3 Å². The van der Waals surface area contributed by atoms with E-state index in [4.69, 9.17) is 0 Å². The van der Waals surface area contributed by atoms with Crippen LogP contribution in [0.4, 0.5) is 0 Å². The van der Waals surface area contributed by atoms with Crippen molar-refractivity contribution in [2.75, 3.05) is 19.6 Å². The van der Waals surface area contributed by atoms with E-state index in [1.165, 1.54) is 51.0 Å². The molecule has 1 rings (SSSR count). The second-order valence-electron chi connectivity index (χ2n) is 4.73. The van der Waals surface area contributed by atoms with E-state index in [0.29, 0.717) is 0 Å². The summed E-state index contributed by atoms with van der Waals surface area (Å²) in [6.07, 6.45) is 8.85. The third-order valence-corrected chi connectivity index (χ3v) is 3.12. The molecule has 1 N–H and O–H groups in total. The van der Waals surface area contributed by atoms with Gasteiger partial charge in [0, 0.05) is 17.9 Å². The van der Waals surface area contributed by atoms with Crippen LogP contribution in [0.5, 0.6) is 0 Å². The van der Waals surface area contributed by atoms with E-state index in [9.17, 15) is 0 Å². The first-order valence-electron chi connectivity index (χ1n) is 6.52. The van der Waals surface area contributed by atoms with Crippen LogP contribution < -0.4 is 5.32 Å². The number of rotatable bonds is 5. The molecular weight excluding hydrogens is 196 g/mol. The molecule has 0 aliphatic carbocycles. The number of nitrogens with one attached hydrogen (secondary N) is 1. The van der Waals surface area contributed by atoms with Crippen molar-refractivity contribution < 1.29 is 0 Å². The zero-order valence-corrected chi connectivity index (χ0v) is 10.9. The molecule has 1 aliphatic rings. The molecule has 1 fully saturated rings. The summed E-state index contributed by atoms with van der Waals surface area (Å²) in [5, 5.41) is 3.32. The maximum absolute atomic E-state index is 3.89. The van der Waals surface area contributed by atoms with Gasteiger partial charge in [-0.1, -0.05) is 25.5 Å². The van der Waals surface area contributed by atoms with Crippen LogP contribution in [0.15, 0.2) is 24.0 Å². The summed E-state index contributed by atoms with van der Waals surface area (Å²) in [5.41, 5.74) is 2.33. The van der Waals surface area contributed by atoms with Crippen LogP contribution in [0.1, 0.15) is 46.0 Å². The zero-order valence-electron chi connectivity index (χ0n) is 10.9. The lowest BCUT2D eigenvalue weighted by molar-refractivity contribution is 0.287. The molecule has 0 saturated carbocycles. The zero-order chi connectivity index (χ0) is 11.8. The monoisotopic (exact) mass is 222 g/mol. The first kappa shape index (κ1) is 13.3. The largest absolute Gasteiger partial charge is 0.363 e. The fourth-order valence-electron chi connectivity index (χ4n) is 2.19. The summed E-state index contributed by atoms with van der Waals surface area (Å²) >= 11 is 0. The van der Waals surface area contributed by atoms with Gasteiger partial charge in [0.15, 0.2) is 0 Å². The lowest BCUT2D eigenvalue weighted by Crippen LogP contribution is -2.27. The predicted octanol–water partition coefficient (Wildman–Crippen LogP) is 3.28. The van der Waals surface area contributed by atoms with Gasteiger partial charge in [-0.3, -0.25) is 0 Å². The molecule has 1 heterocycles. The van der Waals surface area contributed by atoms with Gasteiger partial charge in [-0.15, -0.1) is 0 Å². The lowest BCUT2D eigenvalue weighted by atomic mass is 10.2. The standard InChI is InChI=1S/C14H26N2/c1-4-14(15-13(2)3)9-12-16-10-7-5-6-8-11-16/h4,15H,2,5-12H2,1,3H3/b14-4-. The Kier molecular flexibility index (Phi) is 6.24. The minimum absolute atomic E-state index is 1.03. The van der Waals surface area contributed by atoms with Gasteiger partial charge in [0.05, 0.1) is 0 Å². The van der Waals surface area contributed by atoms with Crippen LogP contribution >= 0.6 is 0 Å². The Labute approximate surface area is 100 Å². The number of hydrogen-bond acceptors (Lipinski definition) is 2. The fourth-order valence-corrected chi connectivity index (χ4v) is 2.19. The molecule has 0 radical (unpaired) electrons. The summed E-state index contributed by atoms with van der Waals surface area (Å²) in [7, 11) is 0. The molecule has 2 nitrogen and oxygen atoms in total. The van der Waals surface area contributed by atoms with Gasteiger partial charge in [-0.25, -0.2) is 0 Å². The predicted molar refractivity (Wildman–Crippen MR) is 71.2 cm³/mol. The second kappa shape index (κ2) is 7.50. The van der Waals surface area contributed by atoms with Crippen molar-refractivity contribution >= 4 is 0 Å². The molecule has 0 amide bonds. The maximum Gasteiger partial charge on any atom is 0.0118 e. The summed E-state index contributed by atoms with van der Waals surface area (Å²) < 4.78 is 0. The molecule has 0 unspecified atom stereocenters. The average molecular weight is 222 g/mol. The molecule has 1 saturated heterocycles. The lowest BCUT2D eigenvalue weighted by Gasteiger charge is -2.21.